The first-order valence-corrected chi connectivity index (χ1v) is 12.6. The fourth-order valence-corrected chi connectivity index (χ4v) is 5.68. The van der Waals surface area contributed by atoms with Crippen molar-refractivity contribution in [3.63, 3.8) is 0 Å². The predicted octanol–water partition coefficient (Wildman–Crippen LogP) is 1.19. The third-order valence-electron chi connectivity index (χ3n) is 6.69. The molecule has 0 aromatic heterocycles. The molecule has 2 unspecified atom stereocenters. The first kappa shape index (κ1) is 22.0. The van der Waals surface area contributed by atoms with E-state index in [1.165, 1.54) is 24.3 Å². The summed E-state index contributed by atoms with van der Waals surface area (Å²) in [6, 6.07) is 4.38. The second kappa shape index (κ2) is 8.35. The predicted molar refractivity (Wildman–Crippen MR) is 112 cm³/mol. The summed E-state index contributed by atoms with van der Waals surface area (Å²) in [5.41, 5.74) is 0.288. The van der Waals surface area contributed by atoms with Gasteiger partial charge in [0.2, 0.25) is 5.91 Å². The fraction of sp³-hybridized carbons (Fsp3) is 0.591. The SMILES string of the molecule is CC1CN(C(=O)C(NC(=O)c2ccc(S(C)(=O)=O)cc2)C2CCCC2)[C@@H]2C(=O)CO[C@H]12. The van der Waals surface area contributed by atoms with Gasteiger partial charge in [-0.3, -0.25) is 14.4 Å². The number of benzene rings is 1. The monoisotopic (exact) mass is 448 g/mol. The van der Waals surface area contributed by atoms with E-state index < -0.39 is 27.8 Å². The Hall–Kier alpha value is -2.26. The molecular formula is C22H28N2O6S. The lowest BCUT2D eigenvalue weighted by atomic mass is 9.95. The van der Waals surface area contributed by atoms with Gasteiger partial charge in [0, 0.05) is 24.3 Å². The molecule has 0 spiro atoms. The molecule has 4 atom stereocenters. The Balaban J connectivity index is 1.55. The highest BCUT2D eigenvalue weighted by Crippen LogP contribution is 2.34. The lowest BCUT2D eigenvalue weighted by Gasteiger charge is -2.30. The summed E-state index contributed by atoms with van der Waals surface area (Å²) in [5.74, 6) is -0.674. The highest BCUT2D eigenvalue weighted by molar-refractivity contribution is 7.90. The molecule has 2 saturated heterocycles. The Morgan fingerprint density at radius 3 is 2.42 bits per heavy atom. The molecule has 9 heteroatoms. The number of fused-ring (bicyclic) bond motifs is 1. The number of hydrogen-bond donors (Lipinski definition) is 1. The number of nitrogens with zero attached hydrogens (tertiary/aromatic N) is 1. The molecule has 1 aliphatic carbocycles. The van der Waals surface area contributed by atoms with Gasteiger partial charge < -0.3 is 15.0 Å². The van der Waals surface area contributed by atoms with Crippen molar-refractivity contribution in [2.45, 2.75) is 55.7 Å². The van der Waals surface area contributed by atoms with E-state index in [2.05, 4.69) is 5.32 Å². The Kier molecular flexibility index (Phi) is 5.91. The number of Topliss-reactive ketones (excluding diaryl/α,β-unsaturated/α-hetero) is 1. The molecule has 1 saturated carbocycles. The molecule has 1 aromatic carbocycles. The van der Waals surface area contributed by atoms with Gasteiger partial charge in [0.15, 0.2) is 15.6 Å². The van der Waals surface area contributed by atoms with E-state index in [-0.39, 0.29) is 46.7 Å². The van der Waals surface area contributed by atoms with Crippen LogP contribution in [0, 0.1) is 11.8 Å². The summed E-state index contributed by atoms with van der Waals surface area (Å²) in [6.07, 6.45) is 4.50. The quantitative estimate of drug-likeness (QED) is 0.725. The van der Waals surface area contributed by atoms with Crippen LogP contribution in [0.3, 0.4) is 0 Å². The van der Waals surface area contributed by atoms with Crippen molar-refractivity contribution in [1.82, 2.24) is 10.2 Å². The molecule has 8 nitrogen and oxygen atoms in total. The van der Waals surface area contributed by atoms with Crippen molar-refractivity contribution in [2.24, 2.45) is 11.8 Å². The molecule has 2 aliphatic heterocycles. The summed E-state index contributed by atoms with van der Waals surface area (Å²) in [4.78, 5) is 40.6. The minimum Gasteiger partial charge on any atom is -0.367 e. The first-order chi connectivity index (χ1) is 14.7. The maximum Gasteiger partial charge on any atom is 0.251 e. The van der Waals surface area contributed by atoms with Crippen LogP contribution in [0.15, 0.2) is 29.2 Å². The Morgan fingerprint density at radius 1 is 1.16 bits per heavy atom. The summed E-state index contributed by atoms with van der Waals surface area (Å²) < 4.78 is 28.9. The number of rotatable bonds is 5. The van der Waals surface area contributed by atoms with Gasteiger partial charge >= 0.3 is 0 Å². The summed E-state index contributed by atoms with van der Waals surface area (Å²) in [6.45, 7) is 2.43. The van der Waals surface area contributed by atoms with Crippen molar-refractivity contribution in [1.29, 1.82) is 0 Å². The number of likely N-dealkylation sites (tertiary alicyclic amines) is 1. The van der Waals surface area contributed by atoms with E-state index in [1.54, 1.807) is 4.90 Å². The van der Waals surface area contributed by atoms with Crippen LogP contribution in [0.2, 0.25) is 0 Å². The van der Waals surface area contributed by atoms with E-state index in [4.69, 9.17) is 4.74 Å². The third kappa shape index (κ3) is 4.25. The van der Waals surface area contributed by atoms with Crippen LogP contribution in [0.25, 0.3) is 0 Å². The van der Waals surface area contributed by atoms with E-state index in [0.717, 1.165) is 31.9 Å². The number of ketones is 1. The minimum atomic E-state index is -3.36. The number of sulfone groups is 1. The van der Waals surface area contributed by atoms with Gasteiger partial charge in [-0.25, -0.2) is 8.42 Å². The van der Waals surface area contributed by atoms with Crippen molar-refractivity contribution in [3.05, 3.63) is 29.8 Å². The van der Waals surface area contributed by atoms with Gasteiger partial charge in [-0.2, -0.15) is 0 Å². The minimum absolute atomic E-state index is 0.0125. The third-order valence-corrected chi connectivity index (χ3v) is 7.82. The largest absolute Gasteiger partial charge is 0.367 e. The highest BCUT2D eigenvalue weighted by atomic mass is 32.2. The van der Waals surface area contributed by atoms with Crippen LogP contribution in [0.4, 0.5) is 0 Å². The molecule has 168 valence electrons. The molecule has 2 heterocycles. The van der Waals surface area contributed by atoms with Gasteiger partial charge in [-0.1, -0.05) is 19.8 Å². The van der Waals surface area contributed by atoms with Gasteiger partial charge in [-0.15, -0.1) is 0 Å². The molecule has 0 bridgehead atoms. The van der Waals surface area contributed by atoms with Crippen molar-refractivity contribution in [3.8, 4) is 0 Å². The zero-order chi connectivity index (χ0) is 22.3. The Morgan fingerprint density at radius 2 is 1.81 bits per heavy atom. The normalized spacial score (nSPS) is 27.4. The number of carbonyl (C=O) groups is 3. The van der Waals surface area contributed by atoms with E-state index in [1.807, 2.05) is 6.92 Å². The average molecular weight is 449 g/mol. The number of nitrogens with one attached hydrogen (secondary N) is 1. The lowest BCUT2D eigenvalue weighted by molar-refractivity contribution is -0.139. The van der Waals surface area contributed by atoms with Crippen molar-refractivity contribution >= 4 is 27.4 Å². The van der Waals surface area contributed by atoms with Crippen LogP contribution in [-0.2, 0) is 24.2 Å². The van der Waals surface area contributed by atoms with Gasteiger partial charge in [-0.05, 0) is 43.0 Å². The van der Waals surface area contributed by atoms with Crippen LogP contribution < -0.4 is 5.32 Å². The molecular weight excluding hydrogens is 420 g/mol. The second-order valence-electron chi connectivity index (χ2n) is 8.95. The second-order valence-corrected chi connectivity index (χ2v) is 11.0. The summed E-state index contributed by atoms with van der Waals surface area (Å²) in [7, 11) is -3.36. The maximum absolute atomic E-state index is 13.5. The summed E-state index contributed by atoms with van der Waals surface area (Å²) >= 11 is 0. The van der Waals surface area contributed by atoms with Crippen LogP contribution in [-0.4, -0.2) is 68.5 Å². The Bertz CT molecular complexity index is 984. The topological polar surface area (TPSA) is 110 Å². The standard InChI is InChI=1S/C22H28N2O6S/c1-13-11-24(19-17(25)12-30-20(13)19)22(27)18(14-5-3-4-6-14)23-21(26)15-7-9-16(10-8-15)31(2,28)29/h7-10,13-14,18-20H,3-6,11-12H2,1-2H3,(H,23,26)/t13?,18?,19-,20-/m1/s1. The van der Waals surface area contributed by atoms with Crippen LogP contribution in [0.1, 0.15) is 43.0 Å². The van der Waals surface area contributed by atoms with E-state index in [9.17, 15) is 22.8 Å². The molecule has 0 radical (unpaired) electrons. The maximum atomic E-state index is 13.5. The molecule has 31 heavy (non-hydrogen) atoms. The smallest absolute Gasteiger partial charge is 0.251 e. The molecule has 1 N–H and O–H groups in total. The van der Waals surface area contributed by atoms with Gasteiger partial charge in [0.05, 0.1) is 11.0 Å². The van der Waals surface area contributed by atoms with E-state index in [0.29, 0.717) is 6.54 Å². The lowest BCUT2D eigenvalue weighted by Crippen LogP contribution is -2.54. The molecule has 3 aliphatic rings. The molecule has 3 fully saturated rings. The molecule has 1 aromatic rings. The fourth-order valence-electron chi connectivity index (χ4n) is 5.05. The zero-order valence-electron chi connectivity index (χ0n) is 17.7. The first-order valence-electron chi connectivity index (χ1n) is 10.7. The average Bonchev–Trinajstić information content (AvgIpc) is 3.45. The van der Waals surface area contributed by atoms with Crippen LogP contribution in [0.5, 0.6) is 0 Å². The summed E-state index contributed by atoms with van der Waals surface area (Å²) in [5, 5.41) is 2.89. The van der Waals surface area contributed by atoms with Crippen molar-refractivity contribution < 1.29 is 27.5 Å². The number of amides is 2. The zero-order valence-corrected chi connectivity index (χ0v) is 18.6. The van der Waals surface area contributed by atoms with Gasteiger partial charge in [0.25, 0.3) is 5.91 Å². The molecule has 2 amide bonds. The number of carbonyl (C=O) groups excluding carboxylic acids is 3. The Labute approximate surface area is 182 Å². The highest BCUT2D eigenvalue weighted by Gasteiger charge is 2.52. The van der Waals surface area contributed by atoms with Crippen LogP contribution >= 0.6 is 0 Å². The van der Waals surface area contributed by atoms with Crippen molar-refractivity contribution in [2.75, 3.05) is 19.4 Å². The van der Waals surface area contributed by atoms with Gasteiger partial charge in [0.1, 0.15) is 18.7 Å². The molecule has 4 rings (SSSR count). The number of ether oxygens (including phenoxy) is 1. The van der Waals surface area contributed by atoms with E-state index >= 15 is 0 Å². The number of hydrogen-bond acceptors (Lipinski definition) is 6.